The van der Waals surface area contributed by atoms with Crippen LogP contribution in [-0.2, 0) is 16.1 Å². The van der Waals surface area contributed by atoms with Crippen LogP contribution in [0.4, 0.5) is 4.39 Å². The predicted octanol–water partition coefficient (Wildman–Crippen LogP) is 5.74. The molecule has 0 bridgehead atoms. The van der Waals surface area contributed by atoms with Gasteiger partial charge in [-0.2, -0.15) is 0 Å². The minimum Gasteiger partial charge on any atom is -0.490 e. The van der Waals surface area contributed by atoms with E-state index in [1.165, 1.54) is 41.3 Å². The van der Waals surface area contributed by atoms with Crippen LogP contribution >= 0.6 is 56.5 Å². The number of benzene rings is 3. The van der Waals surface area contributed by atoms with E-state index in [4.69, 9.17) is 18.9 Å². The van der Waals surface area contributed by atoms with E-state index in [1.54, 1.807) is 30.3 Å². The van der Waals surface area contributed by atoms with Gasteiger partial charge in [0.2, 0.25) is 0 Å². The summed E-state index contributed by atoms with van der Waals surface area (Å²) in [5.74, 6) is 0.914. The van der Waals surface area contributed by atoms with E-state index in [2.05, 4.69) is 50.2 Å². The number of thiazole rings is 1. The lowest BCUT2D eigenvalue weighted by atomic mass is 9.97. The maximum Gasteiger partial charge on any atom is 0.337 e. The summed E-state index contributed by atoms with van der Waals surface area (Å²) in [4.78, 5) is 31.7. The zero-order chi connectivity index (χ0) is 31.4. The Balaban J connectivity index is 1.54. The molecule has 12 heteroatoms. The van der Waals surface area contributed by atoms with E-state index in [9.17, 15) is 14.0 Å². The summed E-state index contributed by atoms with van der Waals surface area (Å²) >= 11 is 5.64. The van der Waals surface area contributed by atoms with Crippen molar-refractivity contribution in [2.45, 2.75) is 26.5 Å². The zero-order valence-electron chi connectivity index (χ0n) is 23.9. The third kappa shape index (κ3) is 6.86. The topological polar surface area (TPSA) is 88.4 Å². The Kier molecular flexibility index (Phi) is 10.4. The van der Waals surface area contributed by atoms with Gasteiger partial charge in [-0.3, -0.25) is 9.36 Å². The SMILES string of the molecule is CCOc1ccc([C@@H]2C(C(=O)OC)=CN=c3s/c(=C\c4cc(I)c(OCc5ccc(F)cc5)c(I)c4)c(=O)n32)cc1OCC. The molecule has 228 valence electrons. The zero-order valence-corrected chi connectivity index (χ0v) is 29.1. The monoisotopic (exact) mass is 840 g/mol. The Hall–Kier alpha value is -3.24. The van der Waals surface area contributed by atoms with Gasteiger partial charge in [-0.05, 0) is 118 Å². The van der Waals surface area contributed by atoms with Gasteiger partial charge in [-0.15, -0.1) is 0 Å². The van der Waals surface area contributed by atoms with Crippen molar-refractivity contribution >= 4 is 68.6 Å². The van der Waals surface area contributed by atoms with Gasteiger partial charge < -0.3 is 18.9 Å². The van der Waals surface area contributed by atoms with Crippen LogP contribution < -0.4 is 29.1 Å². The number of hydrogen-bond donors (Lipinski definition) is 0. The number of rotatable bonds is 10. The van der Waals surface area contributed by atoms with Crippen molar-refractivity contribution < 1.29 is 28.1 Å². The van der Waals surface area contributed by atoms with Crippen molar-refractivity contribution in [3.63, 3.8) is 0 Å². The molecule has 0 spiro atoms. The van der Waals surface area contributed by atoms with Crippen molar-refractivity contribution in [2.75, 3.05) is 20.3 Å². The van der Waals surface area contributed by atoms with Crippen molar-refractivity contribution in [3.05, 3.63) is 116 Å². The number of methoxy groups -OCH3 is 1. The summed E-state index contributed by atoms with van der Waals surface area (Å²) in [5.41, 5.74) is 2.25. The normalized spacial score (nSPS) is 14.4. The lowest BCUT2D eigenvalue weighted by Gasteiger charge is -2.23. The van der Waals surface area contributed by atoms with Gasteiger partial charge in [0.05, 0.1) is 43.6 Å². The summed E-state index contributed by atoms with van der Waals surface area (Å²) in [6.45, 7) is 4.93. The molecule has 0 amide bonds. The molecule has 8 nitrogen and oxygen atoms in total. The number of aromatic nitrogens is 1. The minimum atomic E-state index is -0.779. The Morgan fingerprint density at radius 2 is 1.68 bits per heavy atom. The van der Waals surface area contributed by atoms with Gasteiger partial charge in [-0.25, -0.2) is 14.2 Å². The van der Waals surface area contributed by atoms with Gasteiger partial charge in [0.1, 0.15) is 18.2 Å². The largest absolute Gasteiger partial charge is 0.490 e. The van der Waals surface area contributed by atoms with Crippen LogP contribution in [0.3, 0.4) is 0 Å². The van der Waals surface area contributed by atoms with Crippen LogP contribution in [0, 0.1) is 13.0 Å². The van der Waals surface area contributed by atoms with Crippen LogP contribution in [-0.4, -0.2) is 30.9 Å². The molecule has 3 aromatic carbocycles. The van der Waals surface area contributed by atoms with Gasteiger partial charge in [0, 0.05) is 6.20 Å². The molecular formula is C32H27FI2N2O6S. The predicted molar refractivity (Wildman–Crippen MR) is 183 cm³/mol. The van der Waals surface area contributed by atoms with Crippen molar-refractivity contribution in [1.82, 2.24) is 4.57 Å². The number of nitrogens with zero attached hydrogens (tertiary/aromatic N) is 2. The summed E-state index contributed by atoms with van der Waals surface area (Å²) in [7, 11) is 1.30. The molecule has 0 fully saturated rings. The highest BCUT2D eigenvalue weighted by Crippen LogP contribution is 2.35. The molecule has 2 heterocycles. The first kappa shape index (κ1) is 32.2. The second kappa shape index (κ2) is 14.2. The molecule has 1 aromatic heterocycles. The summed E-state index contributed by atoms with van der Waals surface area (Å²) in [6, 6.07) is 14.6. The van der Waals surface area contributed by atoms with Crippen LogP contribution in [0.5, 0.6) is 17.2 Å². The van der Waals surface area contributed by atoms with Gasteiger partial charge in [-0.1, -0.05) is 29.5 Å². The number of halogens is 3. The number of hydrogen-bond acceptors (Lipinski definition) is 8. The van der Waals surface area contributed by atoms with Crippen molar-refractivity contribution in [2.24, 2.45) is 4.99 Å². The van der Waals surface area contributed by atoms with Crippen LogP contribution in [0.25, 0.3) is 6.08 Å². The highest BCUT2D eigenvalue weighted by Gasteiger charge is 2.31. The van der Waals surface area contributed by atoms with E-state index in [-0.39, 0.29) is 16.9 Å². The van der Waals surface area contributed by atoms with Crippen molar-refractivity contribution in [3.8, 4) is 17.2 Å². The molecule has 0 aliphatic carbocycles. The average molecular weight is 840 g/mol. The lowest BCUT2D eigenvalue weighted by Crippen LogP contribution is -2.39. The molecule has 5 rings (SSSR count). The molecule has 0 radical (unpaired) electrons. The van der Waals surface area contributed by atoms with Crippen LogP contribution in [0.15, 0.2) is 76.2 Å². The molecule has 0 N–H and O–H groups in total. The standard InChI is InChI=1S/C32H27FI2N2O6S/c1-4-41-25-11-8-20(15-26(25)42-5-2)28-22(31(39)40-3)16-36-32-37(28)30(38)27(44-32)14-19-12-23(34)29(24(35)13-19)43-17-18-6-9-21(33)10-7-18/h6-16,28H,4-5,17H2,1-3H3/b27-14-/t28-/m1/s1. The lowest BCUT2D eigenvalue weighted by molar-refractivity contribution is -0.136. The fourth-order valence-electron chi connectivity index (χ4n) is 4.68. The first-order chi connectivity index (χ1) is 21.2. The number of fused-ring (bicyclic) bond motifs is 1. The first-order valence-corrected chi connectivity index (χ1v) is 16.6. The van der Waals surface area contributed by atoms with Crippen LogP contribution in [0.1, 0.15) is 36.6 Å². The molecule has 0 unspecified atom stereocenters. The van der Waals surface area contributed by atoms with Crippen molar-refractivity contribution in [1.29, 1.82) is 0 Å². The Bertz CT molecular complexity index is 1900. The number of carbonyl (C=O) groups excluding carboxylic acids is 1. The Morgan fingerprint density at radius 1 is 1.00 bits per heavy atom. The van der Waals surface area contributed by atoms with Gasteiger partial charge in [0.15, 0.2) is 16.3 Å². The molecular weight excluding hydrogens is 813 g/mol. The van der Waals surface area contributed by atoms with E-state index < -0.39 is 12.0 Å². The third-order valence-electron chi connectivity index (χ3n) is 6.62. The number of esters is 1. The third-order valence-corrected chi connectivity index (χ3v) is 9.22. The summed E-state index contributed by atoms with van der Waals surface area (Å²) < 4.78 is 39.6. The molecule has 4 aromatic rings. The fourth-order valence-corrected chi connectivity index (χ4v) is 7.77. The molecule has 1 atom stereocenters. The average Bonchev–Trinajstić information content (AvgIpc) is 3.32. The van der Waals surface area contributed by atoms with Crippen LogP contribution in [0.2, 0.25) is 0 Å². The molecule has 0 saturated carbocycles. The maximum absolute atomic E-state index is 14.0. The fraction of sp³-hybridized carbons (Fsp3) is 0.219. The Labute approximate surface area is 284 Å². The second-order valence-electron chi connectivity index (χ2n) is 9.48. The smallest absolute Gasteiger partial charge is 0.337 e. The van der Waals surface area contributed by atoms with Gasteiger partial charge >= 0.3 is 5.97 Å². The van der Waals surface area contributed by atoms with E-state index in [1.807, 2.05) is 32.0 Å². The van der Waals surface area contributed by atoms with E-state index >= 15 is 0 Å². The molecule has 44 heavy (non-hydrogen) atoms. The molecule has 0 saturated heterocycles. The number of carbonyl (C=O) groups is 1. The minimum absolute atomic E-state index is 0.227. The maximum atomic E-state index is 14.0. The highest BCUT2D eigenvalue weighted by molar-refractivity contribution is 14.1. The first-order valence-electron chi connectivity index (χ1n) is 13.6. The van der Waals surface area contributed by atoms with E-state index in [0.29, 0.717) is 52.0 Å². The summed E-state index contributed by atoms with van der Waals surface area (Å²) in [6.07, 6.45) is 3.27. The summed E-state index contributed by atoms with van der Waals surface area (Å²) in [5, 5.41) is 0. The molecule has 1 aliphatic rings. The van der Waals surface area contributed by atoms with Gasteiger partial charge in [0.25, 0.3) is 5.56 Å². The second-order valence-corrected chi connectivity index (χ2v) is 12.8. The molecule has 1 aliphatic heterocycles. The number of ether oxygens (including phenoxy) is 4. The Morgan fingerprint density at radius 3 is 2.34 bits per heavy atom. The quantitative estimate of drug-likeness (QED) is 0.150. The van der Waals surface area contributed by atoms with E-state index in [0.717, 1.165) is 18.3 Å². The highest BCUT2D eigenvalue weighted by atomic mass is 127.